The van der Waals surface area contributed by atoms with Crippen LogP contribution in [0.15, 0.2) is 47.2 Å². The van der Waals surface area contributed by atoms with Gasteiger partial charge in [-0.15, -0.1) is 0 Å². The molecule has 3 aromatic rings. The number of carbonyl (C=O) groups excluding carboxylic acids is 1. The lowest BCUT2D eigenvalue weighted by atomic mass is 10.1. The summed E-state index contributed by atoms with van der Waals surface area (Å²) < 4.78 is 5.29. The molecular weight excluding hydrogens is 328 g/mol. The van der Waals surface area contributed by atoms with Gasteiger partial charge in [0.25, 0.3) is 5.91 Å². The summed E-state index contributed by atoms with van der Waals surface area (Å²) in [4.78, 5) is 20.3. The van der Waals surface area contributed by atoms with Crippen molar-refractivity contribution < 1.29 is 9.32 Å². The lowest BCUT2D eigenvalue weighted by molar-refractivity contribution is 0.0949. The summed E-state index contributed by atoms with van der Waals surface area (Å²) in [6.07, 6.45) is 3.75. The first-order valence-electron chi connectivity index (χ1n) is 7.47. The fraction of sp³-hybridized carbons (Fsp3) is 0.176. The van der Waals surface area contributed by atoms with Crippen molar-refractivity contribution in [1.82, 2.24) is 20.4 Å². The molecule has 0 aliphatic heterocycles. The maximum atomic E-state index is 12.1. The second-order valence-corrected chi connectivity index (χ2v) is 5.49. The minimum atomic E-state index is -0.264. The first-order chi connectivity index (χ1) is 11.7. The number of hydrogen-bond donors (Lipinski definition) is 1. The fourth-order valence-electron chi connectivity index (χ4n) is 2.11. The minimum absolute atomic E-state index is 0.238. The normalized spacial score (nSPS) is 10.6. The summed E-state index contributed by atoms with van der Waals surface area (Å²) in [6, 6.07) is 9.08. The zero-order valence-electron chi connectivity index (χ0n) is 13.0. The molecule has 6 nitrogen and oxygen atoms in total. The first-order valence-corrected chi connectivity index (χ1v) is 7.84. The van der Waals surface area contributed by atoms with E-state index in [1.54, 1.807) is 12.1 Å². The number of halogens is 1. The highest BCUT2D eigenvalue weighted by molar-refractivity contribution is 6.33. The molecule has 0 radical (unpaired) electrons. The lowest BCUT2D eigenvalue weighted by Crippen LogP contribution is -2.23. The zero-order chi connectivity index (χ0) is 16.9. The van der Waals surface area contributed by atoms with E-state index in [0.717, 1.165) is 12.0 Å². The van der Waals surface area contributed by atoms with Crippen LogP contribution in [0.3, 0.4) is 0 Å². The van der Waals surface area contributed by atoms with Crippen molar-refractivity contribution in [2.45, 2.75) is 19.9 Å². The first kappa shape index (κ1) is 16.1. The van der Waals surface area contributed by atoms with Crippen LogP contribution < -0.4 is 5.32 Å². The lowest BCUT2D eigenvalue weighted by Gasteiger charge is -2.02. The molecule has 7 heteroatoms. The van der Waals surface area contributed by atoms with Gasteiger partial charge in [-0.3, -0.25) is 4.79 Å². The molecule has 0 spiro atoms. The van der Waals surface area contributed by atoms with Crippen molar-refractivity contribution >= 4 is 17.5 Å². The average molecular weight is 343 g/mol. The van der Waals surface area contributed by atoms with Crippen molar-refractivity contribution in [3.63, 3.8) is 0 Å². The van der Waals surface area contributed by atoms with Crippen molar-refractivity contribution in [2.75, 3.05) is 0 Å². The number of hydrogen-bond acceptors (Lipinski definition) is 5. The van der Waals surface area contributed by atoms with E-state index in [1.165, 1.54) is 12.4 Å². The van der Waals surface area contributed by atoms with Gasteiger partial charge in [0.2, 0.25) is 0 Å². The molecule has 0 aliphatic rings. The number of nitrogens with one attached hydrogen (secondary N) is 1. The second-order valence-electron chi connectivity index (χ2n) is 5.09. The van der Waals surface area contributed by atoms with E-state index in [4.69, 9.17) is 16.1 Å². The third-order valence-corrected chi connectivity index (χ3v) is 3.74. The maximum Gasteiger partial charge on any atom is 0.254 e. The molecule has 0 fully saturated rings. The van der Waals surface area contributed by atoms with E-state index < -0.39 is 0 Å². The Morgan fingerprint density at radius 2 is 2.00 bits per heavy atom. The number of nitrogens with zero attached hydrogens (tertiary/aromatic N) is 3. The van der Waals surface area contributed by atoms with Crippen LogP contribution in [0, 0.1) is 0 Å². The summed E-state index contributed by atoms with van der Waals surface area (Å²) in [5.74, 6) is 0.993. The van der Waals surface area contributed by atoms with E-state index >= 15 is 0 Å². The molecule has 1 amide bonds. The van der Waals surface area contributed by atoms with E-state index in [9.17, 15) is 4.79 Å². The maximum absolute atomic E-state index is 12.1. The van der Waals surface area contributed by atoms with Crippen LogP contribution >= 0.6 is 11.6 Å². The van der Waals surface area contributed by atoms with Crippen molar-refractivity contribution in [3.05, 3.63) is 64.8 Å². The highest BCUT2D eigenvalue weighted by Crippen LogP contribution is 2.27. The van der Waals surface area contributed by atoms with Gasteiger partial charge < -0.3 is 9.84 Å². The molecule has 0 saturated carbocycles. The number of aromatic nitrogens is 3. The SMILES string of the molecule is CCc1ncc(C(=O)NCc2cc(-c3ccccc3Cl)on2)cn1. The molecule has 0 atom stereocenters. The van der Waals surface area contributed by atoms with Gasteiger partial charge in [0, 0.05) is 30.4 Å². The highest BCUT2D eigenvalue weighted by atomic mass is 35.5. The van der Waals surface area contributed by atoms with E-state index in [0.29, 0.717) is 27.9 Å². The Bertz CT molecular complexity index is 846. The largest absolute Gasteiger partial charge is 0.356 e. The third-order valence-electron chi connectivity index (χ3n) is 3.41. The van der Waals surface area contributed by atoms with Gasteiger partial charge in [-0.2, -0.15) is 0 Å². The predicted octanol–water partition coefficient (Wildman–Crippen LogP) is 3.28. The molecule has 2 aromatic heterocycles. The zero-order valence-corrected chi connectivity index (χ0v) is 13.7. The minimum Gasteiger partial charge on any atom is -0.356 e. The number of benzene rings is 1. The van der Waals surface area contributed by atoms with E-state index in [2.05, 4.69) is 20.4 Å². The molecule has 0 aliphatic carbocycles. The molecule has 1 N–H and O–H groups in total. The van der Waals surface area contributed by atoms with Gasteiger partial charge in [0.05, 0.1) is 17.1 Å². The molecular formula is C17H15ClN4O2. The van der Waals surface area contributed by atoms with Gasteiger partial charge >= 0.3 is 0 Å². The van der Waals surface area contributed by atoms with Crippen LogP contribution in [0.4, 0.5) is 0 Å². The summed E-state index contributed by atoms with van der Waals surface area (Å²) >= 11 is 6.13. The average Bonchev–Trinajstić information content (AvgIpc) is 3.09. The monoisotopic (exact) mass is 342 g/mol. The van der Waals surface area contributed by atoms with Gasteiger partial charge in [-0.1, -0.05) is 35.8 Å². The van der Waals surface area contributed by atoms with Crippen LogP contribution in [0.1, 0.15) is 28.8 Å². The molecule has 24 heavy (non-hydrogen) atoms. The highest BCUT2D eigenvalue weighted by Gasteiger charge is 2.12. The molecule has 3 rings (SSSR count). The molecule has 0 bridgehead atoms. The second kappa shape index (κ2) is 7.23. The topological polar surface area (TPSA) is 80.9 Å². The Kier molecular flexibility index (Phi) is 4.86. The van der Waals surface area contributed by atoms with Crippen LogP contribution in [-0.4, -0.2) is 21.0 Å². The van der Waals surface area contributed by atoms with Crippen LogP contribution in [0.5, 0.6) is 0 Å². The Hall–Kier alpha value is -2.73. The number of aryl methyl sites for hydroxylation is 1. The van der Waals surface area contributed by atoms with Crippen molar-refractivity contribution in [1.29, 1.82) is 0 Å². The van der Waals surface area contributed by atoms with Gasteiger partial charge in [0.15, 0.2) is 5.76 Å². The summed E-state index contributed by atoms with van der Waals surface area (Å²) in [6.45, 7) is 2.19. The molecule has 0 saturated heterocycles. The molecule has 122 valence electrons. The van der Waals surface area contributed by atoms with Gasteiger partial charge in [0.1, 0.15) is 11.5 Å². The van der Waals surface area contributed by atoms with Crippen molar-refractivity contribution in [3.8, 4) is 11.3 Å². The van der Waals surface area contributed by atoms with E-state index in [1.807, 2.05) is 25.1 Å². The molecule has 1 aromatic carbocycles. The van der Waals surface area contributed by atoms with Crippen molar-refractivity contribution in [2.24, 2.45) is 0 Å². The number of amides is 1. The van der Waals surface area contributed by atoms with Gasteiger partial charge in [-0.25, -0.2) is 9.97 Å². The third kappa shape index (κ3) is 3.60. The van der Waals surface area contributed by atoms with E-state index in [-0.39, 0.29) is 12.5 Å². The number of rotatable bonds is 5. The summed E-state index contributed by atoms with van der Waals surface area (Å²) in [7, 11) is 0. The standard InChI is InChI=1S/C17H15ClN4O2/c1-2-16-19-8-11(9-20-16)17(23)21-10-12-7-15(24-22-12)13-5-3-4-6-14(13)18/h3-9H,2,10H2,1H3,(H,21,23). The Balaban J connectivity index is 1.65. The van der Waals surface area contributed by atoms with Gasteiger partial charge in [-0.05, 0) is 12.1 Å². The fourth-order valence-corrected chi connectivity index (χ4v) is 2.34. The predicted molar refractivity (Wildman–Crippen MR) is 89.5 cm³/mol. The summed E-state index contributed by atoms with van der Waals surface area (Å²) in [5.41, 5.74) is 1.76. The van der Waals surface area contributed by atoms with Crippen LogP contribution in [0.25, 0.3) is 11.3 Å². The smallest absolute Gasteiger partial charge is 0.254 e. The van der Waals surface area contributed by atoms with Crippen LogP contribution in [-0.2, 0) is 13.0 Å². The molecule has 2 heterocycles. The number of carbonyl (C=O) groups is 1. The van der Waals surface area contributed by atoms with Crippen LogP contribution in [0.2, 0.25) is 5.02 Å². The summed E-state index contributed by atoms with van der Waals surface area (Å²) in [5, 5.41) is 7.29. The Morgan fingerprint density at radius 1 is 1.25 bits per heavy atom. The Morgan fingerprint density at radius 3 is 2.71 bits per heavy atom. The Labute approximate surface area is 143 Å². The quantitative estimate of drug-likeness (QED) is 0.769. The molecule has 0 unspecified atom stereocenters.